The number of primary amides is 1. The maximum Gasteiger partial charge on any atom is 0.217 e. The van der Waals surface area contributed by atoms with Gasteiger partial charge in [0, 0.05) is 38.5 Å². The van der Waals surface area contributed by atoms with E-state index >= 15 is 0 Å². The van der Waals surface area contributed by atoms with Gasteiger partial charge in [0.2, 0.25) is 5.91 Å². The molecule has 0 bridgehead atoms. The number of nitrogens with one attached hydrogen (secondary N) is 1. The molecule has 0 saturated carbocycles. The predicted molar refractivity (Wildman–Crippen MR) is 106 cm³/mol. The molecule has 1 aromatic rings. The van der Waals surface area contributed by atoms with Crippen LogP contribution in [-0.4, -0.2) is 42.9 Å². The molecule has 2 aliphatic rings. The Morgan fingerprint density at radius 1 is 1.31 bits per heavy atom. The van der Waals surface area contributed by atoms with Gasteiger partial charge in [0.05, 0.1) is 0 Å². The van der Waals surface area contributed by atoms with Gasteiger partial charge < -0.3 is 16.0 Å². The van der Waals surface area contributed by atoms with Crippen molar-refractivity contribution in [3.05, 3.63) is 35.4 Å². The van der Waals surface area contributed by atoms with Gasteiger partial charge in [0.25, 0.3) is 0 Å². The zero-order valence-corrected chi connectivity index (χ0v) is 15.9. The number of rotatable bonds is 5. The fourth-order valence-electron chi connectivity index (χ4n) is 4.38. The second-order valence-electron chi connectivity index (χ2n) is 7.61. The monoisotopic (exact) mass is 356 g/mol. The van der Waals surface area contributed by atoms with Crippen molar-refractivity contribution in [3.63, 3.8) is 0 Å². The molecule has 142 valence electrons. The summed E-state index contributed by atoms with van der Waals surface area (Å²) in [7, 11) is 0. The van der Waals surface area contributed by atoms with E-state index in [2.05, 4.69) is 41.4 Å². The molecule has 0 aromatic heterocycles. The molecule has 1 saturated heterocycles. The van der Waals surface area contributed by atoms with Crippen LogP contribution in [0.5, 0.6) is 0 Å². The largest absolute Gasteiger partial charge is 0.370 e. The summed E-state index contributed by atoms with van der Waals surface area (Å²) in [5, 5.41) is 3.45. The Hall–Kier alpha value is -2.04. The Labute approximate surface area is 157 Å². The van der Waals surface area contributed by atoms with Crippen LogP contribution in [0.3, 0.4) is 0 Å². The van der Waals surface area contributed by atoms with Crippen molar-refractivity contribution in [1.82, 2.24) is 10.2 Å². The minimum absolute atomic E-state index is 0.197. The van der Waals surface area contributed by atoms with Crippen molar-refractivity contribution in [2.75, 3.05) is 26.2 Å². The quantitative estimate of drug-likeness (QED) is 0.629. The van der Waals surface area contributed by atoms with E-state index in [4.69, 9.17) is 10.7 Å². The number of nitrogens with zero attached hydrogens (tertiary/aromatic N) is 2. The van der Waals surface area contributed by atoms with E-state index in [0.717, 1.165) is 45.0 Å². The van der Waals surface area contributed by atoms with Gasteiger partial charge in [-0.1, -0.05) is 24.3 Å². The Balaban J connectivity index is 1.69. The summed E-state index contributed by atoms with van der Waals surface area (Å²) in [6, 6.07) is 8.81. The van der Waals surface area contributed by atoms with Gasteiger partial charge in [-0.3, -0.25) is 9.79 Å². The van der Waals surface area contributed by atoms with E-state index in [0.29, 0.717) is 18.3 Å². The molecule has 1 aliphatic carbocycles. The standard InChI is InChI=1S/C21H32N4O/c1-2-23-21(25-12-6-7-16(15-25)13-20(22)26)24-14-18-10-5-9-17-8-3-4-11-19(17)18/h3-4,8,11,16,18H,2,5-7,9-10,12-15H2,1H3,(H2,22,26)(H,23,24). The number of guanidine groups is 1. The third-order valence-electron chi connectivity index (χ3n) is 5.60. The van der Waals surface area contributed by atoms with E-state index < -0.39 is 0 Å². The molecular weight excluding hydrogens is 324 g/mol. The minimum atomic E-state index is -0.197. The van der Waals surface area contributed by atoms with Crippen LogP contribution in [0.2, 0.25) is 0 Å². The number of nitrogens with two attached hydrogens (primary N) is 1. The lowest BCUT2D eigenvalue weighted by Crippen LogP contribution is -2.47. The fourth-order valence-corrected chi connectivity index (χ4v) is 4.38. The highest BCUT2D eigenvalue weighted by atomic mass is 16.1. The smallest absolute Gasteiger partial charge is 0.217 e. The molecular formula is C21H32N4O. The zero-order chi connectivity index (χ0) is 18.4. The van der Waals surface area contributed by atoms with E-state index in [9.17, 15) is 4.79 Å². The first-order valence-corrected chi connectivity index (χ1v) is 10.1. The molecule has 0 radical (unpaired) electrons. The molecule has 26 heavy (non-hydrogen) atoms. The molecule has 5 nitrogen and oxygen atoms in total. The summed E-state index contributed by atoms with van der Waals surface area (Å²) in [5.41, 5.74) is 8.37. The average molecular weight is 357 g/mol. The first-order valence-electron chi connectivity index (χ1n) is 10.1. The van der Waals surface area contributed by atoms with Crippen molar-refractivity contribution in [3.8, 4) is 0 Å². The van der Waals surface area contributed by atoms with Gasteiger partial charge in [-0.25, -0.2) is 0 Å². The number of hydrogen-bond donors (Lipinski definition) is 2. The summed E-state index contributed by atoms with van der Waals surface area (Å²) in [6.45, 7) is 5.67. The minimum Gasteiger partial charge on any atom is -0.370 e. The predicted octanol–water partition coefficient (Wildman–Crippen LogP) is 2.66. The normalized spacial score (nSPS) is 23.4. The van der Waals surface area contributed by atoms with Crippen molar-refractivity contribution < 1.29 is 4.79 Å². The molecule has 1 aromatic carbocycles. The van der Waals surface area contributed by atoms with Crippen LogP contribution in [0.1, 0.15) is 56.1 Å². The van der Waals surface area contributed by atoms with Gasteiger partial charge in [0.15, 0.2) is 5.96 Å². The Bertz CT molecular complexity index is 643. The molecule has 1 heterocycles. The fraction of sp³-hybridized carbons (Fsp3) is 0.619. The Morgan fingerprint density at radius 3 is 2.96 bits per heavy atom. The second-order valence-corrected chi connectivity index (χ2v) is 7.61. The number of carbonyl (C=O) groups excluding carboxylic acids is 1. The molecule has 3 N–H and O–H groups in total. The molecule has 1 aliphatic heterocycles. The number of piperidine rings is 1. The summed E-state index contributed by atoms with van der Waals surface area (Å²) < 4.78 is 0. The molecule has 1 amide bonds. The van der Waals surface area contributed by atoms with Crippen LogP contribution < -0.4 is 11.1 Å². The van der Waals surface area contributed by atoms with Gasteiger partial charge >= 0.3 is 0 Å². The van der Waals surface area contributed by atoms with Crippen LogP contribution in [-0.2, 0) is 11.2 Å². The second kappa shape index (κ2) is 9.06. The van der Waals surface area contributed by atoms with Crippen LogP contribution in [0.25, 0.3) is 0 Å². The van der Waals surface area contributed by atoms with Crippen molar-refractivity contribution in [2.45, 2.75) is 51.4 Å². The highest BCUT2D eigenvalue weighted by Crippen LogP contribution is 2.31. The lowest BCUT2D eigenvalue weighted by molar-refractivity contribution is -0.119. The van der Waals surface area contributed by atoms with Gasteiger partial charge in [-0.15, -0.1) is 0 Å². The highest BCUT2D eigenvalue weighted by Gasteiger charge is 2.24. The Morgan fingerprint density at radius 2 is 2.15 bits per heavy atom. The highest BCUT2D eigenvalue weighted by molar-refractivity contribution is 5.80. The number of aryl methyl sites for hydroxylation is 1. The third-order valence-corrected chi connectivity index (χ3v) is 5.60. The Kier molecular flexibility index (Phi) is 6.53. The maximum atomic E-state index is 11.3. The first kappa shape index (κ1) is 18.7. The van der Waals surface area contributed by atoms with E-state index in [1.165, 1.54) is 30.4 Å². The number of amides is 1. The average Bonchev–Trinajstić information content (AvgIpc) is 2.65. The van der Waals surface area contributed by atoms with Gasteiger partial charge in [0.1, 0.15) is 0 Å². The molecule has 5 heteroatoms. The number of aliphatic imine (C=N–C) groups is 1. The first-order chi connectivity index (χ1) is 12.7. The van der Waals surface area contributed by atoms with Crippen molar-refractivity contribution in [1.29, 1.82) is 0 Å². The summed E-state index contributed by atoms with van der Waals surface area (Å²) in [4.78, 5) is 18.6. The summed E-state index contributed by atoms with van der Waals surface area (Å²) in [6.07, 6.45) is 6.30. The third kappa shape index (κ3) is 4.77. The molecule has 2 atom stereocenters. The van der Waals surface area contributed by atoms with Gasteiger partial charge in [-0.05, 0) is 56.1 Å². The van der Waals surface area contributed by atoms with E-state index in [-0.39, 0.29) is 5.91 Å². The molecule has 0 spiro atoms. The number of hydrogen-bond acceptors (Lipinski definition) is 2. The summed E-state index contributed by atoms with van der Waals surface area (Å²) in [5.74, 6) is 1.66. The number of likely N-dealkylation sites (tertiary alicyclic amines) is 1. The van der Waals surface area contributed by atoms with Crippen LogP contribution >= 0.6 is 0 Å². The lowest BCUT2D eigenvalue weighted by Gasteiger charge is -2.35. The topological polar surface area (TPSA) is 70.7 Å². The number of benzene rings is 1. The maximum absolute atomic E-state index is 11.3. The summed E-state index contributed by atoms with van der Waals surface area (Å²) >= 11 is 0. The molecule has 1 fully saturated rings. The van der Waals surface area contributed by atoms with Crippen molar-refractivity contribution in [2.24, 2.45) is 16.6 Å². The number of fused-ring (bicyclic) bond motifs is 1. The molecule has 3 rings (SSSR count). The van der Waals surface area contributed by atoms with Crippen LogP contribution in [0.4, 0.5) is 0 Å². The lowest BCUT2D eigenvalue weighted by atomic mass is 9.83. The van der Waals surface area contributed by atoms with Crippen LogP contribution in [0, 0.1) is 5.92 Å². The molecule has 2 unspecified atom stereocenters. The van der Waals surface area contributed by atoms with E-state index in [1.54, 1.807) is 0 Å². The van der Waals surface area contributed by atoms with Gasteiger partial charge in [-0.2, -0.15) is 0 Å². The zero-order valence-electron chi connectivity index (χ0n) is 15.9. The van der Waals surface area contributed by atoms with Crippen molar-refractivity contribution >= 4 is 11.9 Å². The number of carbonyl (C=O) groups is 1. The SMILES string of the molecule is CCNC(=NCC1CCCc2ccccc21)N1CCCC(CC(N)=O)C1. The van der Waals surface area contributed by atoms with E-state index in [1.807, 2.05) is 0 Å². The van der Waals surface area contributed by atoms with Crippen LogP contribution in [0.15, 0.2) is 29.3 Å².